The van der Waals surface area contributed by atoms with E-state index in [1.807, 2.05) is 12.1 Å². The number of nitrogens with one attached hydrogen (secondary N) is 1. The monoisotopic (exact) mass is 291 g/mol. The molecule has 0 atom stereocenters. The van der Waals surface area contributed by atoms with Gasteiger partial charge in [-0.1, -0.05) is 12.1 Å². The van der Waals surface area contributed by atoms with E-state index in [-0.39, 0.29) is 0 Å². The second kappa shape index (κ2) is 6.64. The van der Waals surface area contributed by atoms with E-state index in [0.29, 0.717) is 0 Å². The lowest BCUT2D eigenvalue weighted by atomic mass is 10.1. The molecule has 0 radical (unpaired) electrons. The van der Waals surface area contributed by atoms with Crippen molar-refractivity contribution in [3.63, 3.8) is 0 Å². The van der Waals surface area contributed by atoms with Crippen LogP contribution in [-0.4, -0.2) is 69.3 Å². The van der Waals surface area contributed by atoms with Gasteiger partial charge < -0.3 is 14.8 Å². The molecule has 3 rings (SSSR count). The van der Waals surface area contributed by atoms with E-state index >= 15 is 0 Å². The maximum absolute atomic E-state index is 5.52. The molecule has 5 nitrogen and oxygen atoms in total. The van der Waals surface area contributed by atoms with E-state index in [1.165, 1.54) is 18.7 Å². The molecule has 1 aromatic carbocycles. The lowest BCUT2D eigenvalue weighted by Crippen LogP contribution is -2.61. The molecule has 2 fully saturated rings. The summed E-state index contributed by atoms with van der Waals surface area (Å²) in [7, 11) is 3.40. The zero-order chi connectivity index (χ0) is 14.7. The van der Waals surface area contributed by atoms with E-state index in [0.717, 1.165) is 50.3 Å². The number of para-hydroxylation sites is 1. The number of nitrogens with zero attached hydrogens (tertiary/aromatic N) is 2. The summed E-state index contributed by atoms with van der Waals surface area (Å²) in [5.74, 6) is 1.68. The highest BCUT2D eigenvalue weighted by Crippen LogP contribution is 2.31. The Morgan fingerprint density at radius 1 is 1.10 bits per heavy atom. The van der Waals surface area contributed by atoms with Gasteiger partial charge in [-0.3, -0.25) is 9.80 Å². The third-order valence-corrected chi connectivity index (χ3v) is 4.56. The zero-order valence-electron chi connectivity index (χ0n) is 13.0. The van der Waals surface area contributed by atoms with Crippen molar-refractivity contribution in [2.24, 2.45) is 0 Å². The molecule has 2 aliphatic rings. The van der Waals surface area contributed by atoms with Crippen LogP contribution in [0.1, 0.15) is 5.56 Å². The van der Waals surface area contributed by atoms with E-state index in [1.54, 1.807) is 14.2 Å². The Hall–Kier alpha value is -1.30. The van der Waals surface area contributed by atoms with E-state index in [2.05, 4.69) is 21.2 Å². The van der Waals surface area contributed by atoms with Crippen LogP contribution in [-0.2, 0) is 6.54 Å². The number of benzene rings is 1. The predicted octanol–water partition coefficient (Wildman–Crippen LogP) is 0.793. The third kappa shape index (κ3) is 3.15. The van der Waals surface area contributed by atoms with Crippen molar-refractivity contribution in [2.45, 2.75) is 12.6 Å². The van der Waals surface area contributed by atoms with Gasteiger partial charge >= 0.3 is 0 Å². The average molecular weight is 291 g/mol. The summed E-state index contributed by atoms with van der Waals surface area (Å²) in [6.07, 6.45) is 0. The Labute approximate surface area is 126 Å². The van der Waals surface area contributed by atoms with Gasteiger partial charge in [0.15, 0.2) is 11.5 Å². The van der Waals surface area contributed by atoms with Gasteiger partial charge in [0.25, 0.3) is 0 Å². The number of ether oxygens (including phenoxy) is 2. The van der Waals surface area contributed by atoms with Crippen molar-refractivity contribution in [2.75, 3.05) is 53.5 Å². The van der Waals surface area contributed by atoms with Gasteiger partial charge in [0.05, 0.1) is 14.2 Å². The fourth-order valence-electron chi connectivity index (χ4n) is 3.14. The quantitative estimate of drug-likeness (QED) is 0.868. The SMILES string of the molecule is COc1cccc(CN2CCN(C3CNC3)CC2)c1OC. The van der Waals surface area contributed by atoms with Crippen molar-refractivity contribution in [1.82, 2.24) is 15.1 Å². The molecule has 2 aliphatic heterocycles. The first-order chi connectivity index (χ1) is 10.3. The first kappa shape index (κ1) is 14.6. The van der Waals surface area contributed by atoms with E-state index in [4.69, 9.17) is 9.47 Å². The normalized spacial score (nSPS) is 21.0. The molecule has 0 unspecified atom stereocenters. The van der Waals surface area contributed by atoms with Crippen LogP contribution in [0.15, 0.2) is 18.2 Å². The van der Waals surface area contributed by atoms with Crippen LogP contribution in [0.5, 0.6) is 11.5 Å². The van der Waals surface area contributed by atoms with Crippen LogP contribution in [0.3, 0.4) is 0 Å². The first-order valence-corrected chi connectivity index (χ1v) is 7.69. The minimum atomic E-state index is 0.763. The Morgan fingerprint density at radius 3 is 2.43 bits per heavy atom. The van der Waals surface area contributed by atoms with Crippen molar-refractivity contribution >= 4 is 0 Å². The molecule has 0 saturated carbocycles. The van der Waals surface area contributed by atoms with Crippen LogP contribution in [0.4, 0.5) is 0 Å². The molecule has 5 heteroatoms. The van der Waals surface area contributed by atoms with Crippen LogP contribution in [0, 0.1) is 0 Å². The molecule has 0 bridgehead atoms. The number of rotatable bonds is 5. The summed E-state index contributed by atoms with van der Waals surface area (Å²) < 4.78 is 10.9. The molecule has 1 aromatic rings. The van der Waals surface area contributed by atoms with Crippen molar-refractivity contribution < 1.29 is 9.47 Å². The highest BCUT2D eigenvalue weighted by molar-refractivity contribution is 5.46. The summed E-state index contributed by atoms with van der Waals surface area (Å²) in [5, 5.41) is 3.35. The maximum atomic E-state index is 5.52. The lowest BCUT2D eigenvalue weighted by molar-refractivity contribution is 0.0692. The summed E-state index contributed by atoms with van der Waals surface area (Å²) in [5.41, 5.74) is 1.20. The minimum Gasteiger partial charge on any atom is -0.493 e. The molecular weight excluding hydrogens is 266 g/mol. The van der Waals surface area contributed by atoms with Crippen LogP contribution >= 0.6 is 0 Å². The molecule has 0 aliphatic carbocycles. The summed E-state index contributed by atoms with van der Waals surface area (Å²) >= 11 is 0. The molecule has 2 saturated heterocycles. The molecule has 0 aromatic heterocycles. The van der Waals surface area contributed by atoms with Crippen molar-refractivity contribution in [3.8, 4) is 11.5 Å². The number of hydrogen-bond donors (Lipinski definition) is 1. The summed E-state index contributed by atoms with van der Waals surface area (Å²) in [6.45, 7) is 7.82. The molecule has 2 heterocycles. The Bertz CT molecular complexity index is 469. The van der Waals surface area contributed by atoms with E-state index < -0.39 is 0 Å². The second-order valence-electron chi connectivity index (χ2n) is 5.78. The Morgan fingerprint density at radius 2 is 1.86 bits per heavy atom. The molecule has 21 heavy (non-hydrogen) atoms. The van der Waals surface area contributed by atoms with Crippen molar-refractivity contribution in [1.29, 1.82) is 0 Å². The molecule has 1 N–H and O–H groups in total. The van der Waals surface area contributed by atoms with Crippen LogP contribution < -0.4 is 14.8 Å². The number of piperazine rings is 1. The smallest absolute Gasteiger partial charge is 0.165 e. The average Bonchev–Trinajstić information content (AvgIpc) is 2.47. The fourth-order valence-corrected chi connectivity index (χ4v) is 3.14. The minimum absolute atomic E-state index is 0.763. The standard InChI is InChI=1S/C16H25N3O2/c1-20-15-5-3-4-13(16(15)21-2)12-18-6-8-19(9-7-18)14-10-17-11-14/h3-5,14,17H,6-12H2,1-2H3. The molecular formula is C16H25N3O2. The van der Waals surface area contributed by atoms with Gasteiger partial charge in [0.2, 0.25) is 0 Å². The molecule has 0 amide bonds. The zero-order valence-corrected chi connectivity index (χ0v) is 13.0. The van der Waals surface area contributed by atoms with Crippen molar-refractivity contribution in [3.05, 3.63) is 23.8 Å². The van der Waals surface area contributed by atoms with Crippen LogP contribution in [0.2, 0.25) is 0 Å². The van der Waals surface area contributed by atoms with Crippen LogP contribution in [0.25, 0.3) is 0 Å². The lowest BCUT2D eigenvalue weighted by Gasteiger charge is -2.43. The third-order valence-electron chi connectivity index (χ3n) is 4.56. The maximum Gasteiger partial charge on any atom is 0.165 e. The van der Waals surface area contributed by atoms with Gasteiger partial charge in [-0.2, -0.15) is 0 Å². The Balaban J connectivity index is 1.60. The van der Waals surface area contributed by atoms with Gasteiger partial charge in [-0.05, 0) is 6.07 Å². The number of methoxy groups -OCH3 is 2. The fraction of sp³-hybridized carbons (Fsp3) is 0.625. The van der Waals surface area contributed by atoms with Gasteiger partial charge in [0.1, 0.15) is 0 Å². The predicted molar refractivity (Wildman–Crippen MR) is 83.1 cm³/mol. The molecule has 116 valence electrons. The highest BCUT2D eigenvalue weighted by Gasteiger charge is 2.27. The number of hydrogen-bond acceptors (Lipinski definition) is 5. The van der Waals surface area contributed by atoms with Gasteiger partial charge in [-0.15, -0.1) is 0 Å². The highest BCUT2D eigenvalue weighted by atomic mass is 16.5. The topological polar surface area (TPSA) is 37.0 Å². The first-order valence-electron chi connectivity index (χ1n) is 7.69. The summed E-state index contributed by atoms with van der Waals surface area (Å²) in [4.78, 5) is 5.11. The molecule has 0 spiro atoms. The largest absolute Gasteiger partial charge is 0.493 e. The summed E-state index contributed by atoms with van der Waals surface area (Å²) in [6, 6.07) is 6.87. The Kier molecular flexibility index (Phi) is 4.63. The second-order valence-corrected chi connectivity index (χ2v) is 5.78. The van der Waals surface area contributed by atoms with Gasteiger partial charge in [0, 0.05) is 57.4 Å². The van der Waals surface area contributed by atoms with Gasteiger partial charge in [-0.25, -0.2) is 0 Å². The van der Waals surface area contributed by atoms with E-state index in [9.17, 15) is 0 Å².